The van der Waals surface area contributed by atoms with Crippen molar-refractivity contribution >= 4 is 22.9 Å². The molecule has 1 unspecified atom stereocenters. The number of nitrogens with one attached hydrogen (secondary N) is 1. The molecule has 1 aromatic carbocycles. The van der Waals surface area contributed by atoms with Crippen LogP contribution in [0.3, 0.4) is 0 Å². The van der Waals surface area contributed by atoms with Crippen LogP contribution in [-0.2, 0) is 13.6 Å². The average Bonchev–Trinajstić information content (AvgIpc) is 3.17. The molecule has 1 N–H and O–H groups in total. The molecule has 4 rings (SSSR count). The predicted molar refractivity (Wildman–Crippen MR) is 133 cm³/mol. The Balaban J connectivity index is 1.50. The van der Waals surface area contributed by atoms with E-state index in [1.165, 1.54) is 40.8 Å². The van der Waals surface area contributed by atoms with Crippen LogP contribution in [0.5, 0.6) is 0 Å². The van der Waals surface area contributed by atoms with Gasteiger partial charge in [0.15, 0.2) is 0 Å². The number of carbonyl (C=O) groups excluding carboxylic acids is 1. The summed E-state index contributed by atoms with van der Waals surface area (Å²) in [6, 6.07) is 8.67. The number of hydrogen-bond acceptors (Lipinski definition) is 6. The molecule has 0 radical (unpaired) electrons. The third kappa shape index (κ3) is 4.91. The number of piperidine rings is 1. The van der Waals surface area contributed by atoms with Crippen molar-refractivity contribution in [2.45, 2.75) is 59.5 Å². The molecule has 1 aliphatic rings. The van der Waals surface area contributed by atoms with Crippen molar-refractivity contribution in [3.63, 3.8) is 0 Å². The Morgan fingerprint density at radius 1 is 1.15 bits per heavy atom. The number of anilines is 1. The molecule has 1 amide bonds. The molecule has 2 aromatic heterocycles. The summed E-state index contributed by atoms with van der Waals surface area (Å²) in [7, 11) is 1.63. The second-order valence-electron chi connectivity index (χ2n) is 8.91. The molecule has 3 heterocycles. The molecule has 7 nitrogen and oxygen atoms in total. The molecule has 33 heavy (non-hydrogen) atoms. The van der Waals surface area contributed by atoms with Crippen LogP contribution in [0, 0.1) is 20.8 Å². The van der Waals surface area contributed by atoms with Crippen LogP contribution in [-0.4, -0.2) is 38.2 Å². The van der Waals surface area contributed by atoms with Gasteiger partial charge in [-0.1, -0.05) is 18.6 Å². The molecule has 0 saturated carbocycles. The summed E-state index contributed by atoms with van der Waals surface area (Å²) in [4.78, 5) is 33.2. The molecule has 0 aliphatic carbocycles. The summed E-state index contributed by atoms with van der Waals surface area (Å²) in [6.45, 7) is 9.90. The Hall–Kier alpha value is -2.84. The third-order valence-electron chi connectivity index (χ3n) is 6.48. The Bertz CT molecular complexity index is 1230. The van der Waals surface area contributed by atoms with E-state index in [1.807, 2.05) is 26.0 Å². The number of carbonyl (C=O) groups is 1. The number of rotatable bonds is 5. The largest absolute Gasteiger partial charge is 0.321 e. The first kappa shape index (κ1) is 23.3. The van der Waals surface area contributed by atoms with Gasteiger partial charge < -0.3 is 5.32 Å². The summed E-state index contributed by atoms with van der Waals surface area (Å²) < 4.78 is 1.32. The lowest BCUT2D eigenvalue weighted by atomic mass is 10.0. The second-order valence-corrected chi connectivity index (χ2v) is 9.91. The average molecular weight is 466 g/mol. The Morgan fingerprint density at radius 2 is 1.88 bits per heavy atom. The number of amides is 1. The minimum Gasteiger partial charge on any atom is -0.321 e. The van der Waals surface area contributed by atoms with Crippen molar-refractivity contribution < 1.29 is 4.79 Å². The van der Waals surface area contributed by atoms with Crippen LogP contribution >= 0.6 is 11.3 Å². The van der Waals surface area contributed by atoms with Crippen molar-refractivity contribution in [2.75, 3.05) is 11.9 Å². The van der Waals surface area contributed by atoms with E-state index in [9.17, 15) is 9.59 Å². The van der Waals surface area contributed by atoms with E-state index in [1.54, 1.807) is 14.0 Å². The molecule has 1 fully saturated rings. The van der Waals surface area contributed by atoms with Gasteiger partial charge in [0.1, 0.15) is 9.88 Å². The molecule has 3 aromatic rings. The zero-order valence-corrected chi connectivity index (χ0v) is 20.8. The lowest BCUT2D eigenvalue weighted by Crippen LogP contribution is -2.36. The monoisotopic (exact) mass is 465 g/mol. The normalized spacial score (nSPS) is 16.7. The molecule has 8 heteroatoms. The molecule has 174 valence electrons. The van der Waals surface area contributed by atoms with Crippen LogP contribution in [0.15, 0.2) is 29.1 Å². The van der Waals surface area contributed by atoms with Crippen LogP contribution in [0.4, 0.5) is 5.69 Å². The van der Waals surface area contributed by atoms with Crippen LogP contribution < -0.4 is 10.9 Å². The van der Waals surface area contributed by atoms with E-state index in [-0.39, 0.29) is 11.5 Å². The standard InChI is InChI=1S/C25H31N5O2S/c1-15-8-6-7-13-30(15)14-19-9-11-20(12-10-19)27-23(31)22-18(4)26-24(33-22)21-16(2)17(3)28-29(5)25(21)32/h9-12,15H,6-8,13-14H2,1-5H3,(H,27,31). The van der Waals surface area contributed by atoms with Crippen molar-refractivity contribution in [3.05, 3.63) is 62.0 Å². The molecule has 1 atom stereocenters. The number of hydrogen-bond donors (Lipinski definition) is 1. The summed E-state index contributed by atoms with van der Waals surface area (Å²) in [5.74, 6) is -0.214. The van der Waals surface area contributed by atoms with Crippen molar-refractivity contribution in [2.24, 2.45) is 7.05 Å². The van der Waals surface area contributed by atoms with Gasteiger partial charge in [0.25, 0.3) is 11.5 Å². The summed E-state index contributed by atoms with van der Waals surface area (Å²) >= 11 is 1.24. The van der Waals surface area contributed by atoms with E-state index in [0.29, 0.717) is 27.2 Å². The van der Waals surface area contributed by atoms with Gasteiger partial charge in [-0.2, -0.15) is 5.10 Å². The lowest BCUT2D eigenvalue weighted by Gasteiger charge is -2.33. The molecular formula is C25H31N5O2S. The smallest absolute Gasteiger partial charge is 0.277 e. The highest BCUT2D eigenvalue weighted by atomic mass is 32.1. The van der Waals surface area contributed by atoms with Gasteiger partial charge >= 0.3 is 0 Å². The Labute approximate surface area is 198 Å². The van der Waals surface area contributed by atoms with Gasteiger partial charge in [-0.25, -0.2) is 9.67 Å². The Kier molecular flexibility index (Phi) is 6.76. The van der Waals surface area contributed by atoms with E-state index in [4.69, 9.17) is 0 Å². The minimum atomic E-state index is -0.214. The quantitative estimate of drug-likeness (QED) is 0.602. The molecule has 1 saturated heterocycles. The third-order valence-corrected chi connectivity index (χ3v) is 7.65. The van der Waals surface area contributed by atoms with Gasteiger partial charge in [-0.3, -0.25) is 14.5 Å². The molecule has 1 aliphatic heterocycles. The summed E-state index contributed by atoms with van der Waals surface area (Å²) in [5.41, 5.74) is 4.46. The van der Waals surface area contributed by atoms with Gasteiger partial charge in [0.2, 0.25) is 0 Å². The second kappa shape index (κ2) is 9.57. The first-order valence-electron chi connectivity index (χ1n) is 11.4. The summed E-state index contributed by atoms with van der Waals surface area (Å²) in [5, 5.41) is 7.75. The predicted octanol–water partition coefficient (Wildman–Crippen LogP) is 4.46. The first-order valence-corrected chi connectivity index (χ1v) is 12.2. The number of aryl methyl sites for hydroxylation is 3. The molecular weight excluding hydrogens is 434 g/mol. The van der Waals surface area contributed by atoms with E-state index >= 15 is 0 Å². The number of benzene rings is 1. The zero-order chi connectivity index (χ0) is 23.7. The number of thiazole rings is 1. The van der Waals surface area contributed by atoms with Gasteiger partial charge in [0, 0.05) is 25.3 Å². The Morgan fingerprint density at radius 3 is 2.58 bits per heavy atom. The van der Waals surface area contributed by atoms with Crippen molar-refractivity contribution in [1.29, 1.82) is 0 Å². The zero-order valence-electron chi connectivity index (χ0n) is 19.9. The first-order chi connectivity index (χ1) is 15.7. The number of aromatic nitrogens is 3. The van der Waals surface area contributed by atoms with Gasteiger partial charge in [0.05, 0.1) is 17.0 Å². The maximum absolute atomic E-state index is 13.0. The highest BCUT2D eigenvalue weighted by molar-refractivity contribution is 7.17. The van der Waals surface area contributed by atoms with Crippen molar-refractivity contribution in [3.8, 4) is 10.6 Å². The van der Waals surface area contributed by atoms with E-state index in [2.05, 4.69) is 39.4 Å². The highest BCUT2D eigenvalue weighted by Gasteiger charge is 2.21. The fourth-order valence-corrected chi connectivity index (χ4v) is 5.38. The van der Waals surface area contributed by atoms with Crippen LogP contribution in [0.1, 0.15) is 58.4 Å². The topological polar surface area (TPSA) is 80.1 Å². The SMILES string of the molecule is Cc1nc(-c2c(C)c(C)nn(C)c2=O)sc1C(=O)Nc1ccc(CN2CCCCC2C)cc1. The van der Waals surface area contributed by atoms with E-state index in [0.717, 1.165) is 30.0 Å². The van der Waals surface area contributed by atoms with Crippen LogP contribution in [0.2, 0.25) is 0 Å². The molecule has 0 bridgehead atoms. The number of likely N-dealkylation sites (tertiary alicyclic amines) is 1. The lowest BCUT2D eigenvalue weighted by molar-refractivity contribution is 0.103. The fourth-order valence-electron chi connectivity index (χ4n) is 4.32. The summed E-state index contributed by atoms with van der Waals surface area (Å²) in [6.07, 6.45) is 3.84. The van der Waals surface area contributed by atoms with E-state index < -0.39 is 0 Å². The fraction of sp³-hybridized carbons (Fsp3) is 0.440. The molecule has 0 spiro atoms. The maximum atomic E-state index is 13.0. The van der Waals surface area contributed by atoms with Crippen molar-refractivity contribution in [1.82, 2.24) is 19.7 Å². The maximum Gasteiger partial charge on any atom is 0.277 e. The highest BCUT2D eigenvalue weighted by Crippen LogP contribution is 2.29. The van der Waals surface area contributed by atoms with Gasteiger partial charge in [-0.05, 0) is 70.3 Å². The minimum absolute atomic E-state index is 0.211. The number of nitrogens with zero attached hydrogens (tertiary/aromatic N) is 4. The van der Waals surface area contributed by atoms with Gasteiger partial charge in [-0.15, -0.1) is 11.3 Å². The van der Waals surface area contributed by atoms with Crippen LogP contribution in [0.25, 0.3) is 10.6 Å².